The molecule has 1 aliphatic carbocycles. The first kappa shape index (κ1) is 25.8. The van der Waals surface area contributed by atoms with Crippen LogP contribution in [0.2, 0.25) is 0 Å². The van der Waals surface area contributed by atoms with Gasteiger partial charge < -0.3 is 19.5 Å². The van der Waals surface area contributed by atoms with Gasteiger partial charge in [0.05, 0.1) is 31.0 Å². The number of nitrogens with zero attached hydrogens (tertiary/aromatic N) is 1. The summed E-state index contributed by atoms with van der Waals surface area (Å²) in [4.78, 5) is 40.2. The summed E-state index contributed by atoms with van der Waals surface area (Å²) < 4.78 is 12.2. The van der Waals surface area contributed by atoms with Crippen LogP contribution < -0.4 is 0 Å². The third kappa shape index (κ3) is 5.61. The lowest BCUT2D eigenvalue weighted by molar-refractivity contribution is -0.164. The van der Waals surface area contributed by atoms with E-state index in [4.69, 9.17) is 9.47 Å². The molecule has 3 aliphatic heterocycles. The van der Waals surface area contributed by atoms with Gasteiger partial charge in [0, 0.05) is 24.4 Å². The number of carboxylic acid groups (broad SMARTS) is 1. The third-order valence-corrected chi connectivity index (χ3v) is 8.32. The molecule has 3 saturated heterocycles. The first-order valence-electron chi connectivity index (χ1n) is 13.1. The fraction of sp³-hybridized carbons (Fsp3) is 0.679. The maximum Gasteiger partial charge on any atom is 0.335 e. The van der Waals surface area contributed by atoms with Crippen LogP contribution in [0, 0.1) is 17.3 Å². The Kier molecular flexibility index (Phi) is 7.96. The van der Waals surface area contributed by atoms with E-state index in [-0.39, 0.29) is 28.9 Å². The minimum absolute atomic E-state index is 0.00730. The summed E-state index contributed by atoms with van der Waals surface area (Å²) in [5.74, 6) is -2.18. The Balaban J connectivity index is 1.41. The average Bonchev–Trinajstić information content (AvgIpc) is 2.88. The number of ketones is 1. The van der Waals surface area contributed by atoms with E-state index < -0.39 is 18.0 Å². The number of rotatable bonds is 9. The summed E-state index contributed by atoms with van der Waals surface area (Å²) in [6.45, 7) is 7.75. The number of amides is 1. The zero-order valence-electron chi connectivity index (χ0n) is 21.2. The average molecular weight is 486 g/mol. The third-order valence-electron chi connectivity index (χ3n) is 8.32. The molecule has 1 aromatic carbocycles. The SMILES string of the molecule is CC(C)C(=O)C(C(=O)N1CCC(c2ccccc2C(=O)O)CC1)C(C)OCC12CCC(CC1)OC2. The van der Waals surface area contributed by atoms with Crippen molar-refractivity contribution in [3.8, 4) is 0 Å². The Labute approximate surface area is 208 Å². The number of hydrogen-bond donors (Lipinski definition) is 1. The van der Waals surface area contributed by atoms with Gasteiger partial charge in [0.15, 0.2) is 0 Å². The van der Waals surface area contributed by atoms with Crippen LogP contribution >= 0.6 is 0 Å². The Morgan fingerprint density at radius 1 is 1.09 bits per heavy atom. The summed E-state index contributed by atoms with van der Waals surface area (Å²) in [5, 5.41) is 9.54. The summed E-state index contributed by atoms with van der Waals surface area (Å²) in [5.41, 5.74) is 1.16. The van der Waals surface area contributed by atoms with Crippen LogP contribution in [-0.2, 0) is 19.1 Å². The van der Waals surface area contributed by atoms with Crippen LogP contribution in [0.1, 0.15) is 81.1 Å². The van der Waals surface area contributed by atoms with Crippen molar-refractivity contribution < 1.29 is 29.0 Å². The zero-order valence-corrected chi connectivity index (χ0v) is 21.2. The largest absolute Gasteiger partial charge is 0.478 e. The monoisotopic (exact) mass is 485 g/mol. The molecule has 0 aromatic heterocycles. The quantitative estimate of drug-likeness (QED) is 0.525. The first-order valence-corrected chi connectivity index (χ1v) is 13.1. The molecule has 35 heavy (non-hydrogen) atoms. The predicted molar refractivity (Wildman–Crippen MR) is 131 cm³/mol. The summed E-state index contributed by atoms with van der Waals surface area (Å²) in [6, 6.07) is 7.10. The van der Waals surface area contributed by atoms with Gasteiger partial charge in [0.25, 0.3) is 0 Å². The molecule has 1 saturated carbocycles. The van der Waals surface area contributed by atoms with Crippen molar-refractivity contribution in [1.29, 1.82) is 0 Å². The highest BCUT2D eigenvalue weighted by atomic mass is 16.5. The molecule has 4 aliphatic rings. The molecule has 7 nitrogen and oxygen atoms in total. The van der Waals surface area contributed by atoms with Gasteiger partial charge >= 0.3 is 5.97 Å². The number of fused-ring (bicyclic) bond motifs is 3. The number of ether oxygens (including phenoxy) is 2. The highest BCUT2D eigenvalue weighted by molar-refractivity contribution is 6.02. The second-order valence-electron chi connectivity index (χ2n) is 11.1. The highest BCUT2D eigenvalue weighted by Gasteiger charge is 2.44. The Bertz CT molecular complexity index is 913. The number of carboxylic acids is 1. The fourth-order valence-corrected chi connectivity index (χ4v) is 5.97. The van der Waals surface area contributed by atoms with Crippen molar-refractivity contribution in [2.24, 2.45) is 17.3 Å². The van der Waals surface area contributed by atoms with Crippen LogP contribution in [0.5, 0.6) is 0 Å². The van der Waals surface area contributed by atoms with Gasteiger partial charge in [-0.05, 0) is 63.0 Å². The number of aromatic carboxylic acids is 1. The lowest BCUT2D eigenvalue weighted by Crippen LogP contribution is -2.50. The highest BCUT2D eigenvalue weighted by Crippen LogP contribution is 2.43. The van der Waals surface area contributed by atoms with Gasteiger partial charge in [-0.15, -0.1) is 0 Å². The molecule has 1 amide bonds. The molecule has 1 aromatic rings. The smallest absolute Gasteiger partial charge is 0.335 e. The molecule has 2 atom stereocenters. The predicted octanol–water partition coefficient (Wildman–Crippen LogP) is 4.30. The minimum atomic E-state index is -0.927. The van der Waals surface area contributed by atoms with Crippen LogP contribution in [-0.4, -0.2) is 66.2 Å². The van der Waals surface area contributed by atoms with Crippen molar-refractivity contribution in [2.45, 2.75) is 77.4 Å². The molecule has 4 fully saturated rings. The lowest BCUT2D eigenvalue weighted by Gasteiger charge is -2.46. The molecular formula is C28H39NO6. The van der Waals surface area contributed by atoms with E-state index in [9.17, 15) is 19.5 Å². The molecule has 0 spiro atoms. The van der Waals surface area contributed by atoms with Gasteiger partial charge in [0.2, 0.25) is 5.91 Å². The molecule has 5 rings (SSSR count). The maximum absolute atomic E-state index is 13.6. The Morgan fingerprint density at radius 2 is 1.74 bits per heavy atom. The zero-order chi connectivity index (χ0) is 25.2. The first-order chi connectivity index (χ1) is 16.7. The molecule has 2 unspecified atom stereocenters. The minimum Gasteiger partial charge on any atom is -0.478 e. The van der Waals surface area contributed by atoms with Crippen molar-refractivity contribution >= 4 is 17.7 Å². The van der Waals surface area contributed by atoms with E-state index in [1.807, 2.05) is 32.9 Å². The number of carbonyl (C=O) groups is 3. The van der Waals surface area contributed by atoms with Crippen molar-refractivity contribution in [2.75, 3.05) is 26.3 Å². The number of piperidine rings is 1. The Morgan fingerprint density at radius 3 is 2.31 bits per heavy atom. The van der Waals surface area contributed by atoms with E-state index in [1.54, 1.807) is 17.0 Å². The van der Waals surface area contributed by atoms with E-state index >= 15 is 0 Å². The molecule has 3 heterocycles. The van der Waals surface area contributed by atoms with Crippen molar-refractivity contribution in [3.63, 3.8) is 0 Å². The standard InChI is InChI=1S/C28H39NO6/c1-18(2)25(30)24(19(3)34-16-28-12-8-21(9-13-28)35-17-28)26(31)29-14-10-20(11-15-29)22-6-4-5-7-23(22)27(32)33/h4-7,18-21,24H,8-17H2,1-3H3,(H,32,33). The van der Waals surface area contributed by atoms with E-state index in [0.717, 1.165) is 31.2 Å². The summed E-state index contributed by atoms with van der Waals surface area (Å²) in [6.07, 6.45) is 5.51. The van der Waals surface area contributed by atoms with Gasteiger partial charge in [-0.3, -0.25) is 9.59 Å². The molecule has 1 N–H and O–H groups in total. The number of Topliss-reactive ketones (excluding diaryl/α,β-unsaturated/α-hetero) is 1. The molecule has 192 valence electrons. The maximum atomic E-state index is 13.6. The van der Waals surface area contributed by atoms with Crippen molar-refractivity contribution in [3.05, 3.63) is 35.4 Å². The van der Waals surface area contributed by atoms with E-state index in [0.29, 0.717) is 50.8 Å². The number of likely N-dealkylation sites (tertiary alicyclic amines) is 1. The lowest BCUT2D eigenvalue weighted by atomic mass is 9.72. The van der Waals surface area contributed by atoms with Gasteiger partial charge in [-0.2, -0.15) is 0 Å². The number of hydrogen-bond acceptors (Lipinski definition) is 5. The second kappa shape index (κ2) is 10.8. The number of carbonyl (C=O) groups excluding carboxylic acids is 2. The van der Waals surface area contributed by atoms with Gasteiger partial charge in [-0.25, -0.2) is 4.79 Å². The summed E-state index contributed by atoms with van der Waals surface area (Å²) in [7, 11) is 0. The van der Waals surface area contributed by atoms with Crippen LogP contribution in [0.15, 0.2) is 24.3 Å². The molecule has 0 radical (unpaired) electrons. The van der Waals surface area contributed by atoms with Gasteiger partial charge in [-0.1, -0.05) is 32.0 Å². The van der Waals surface area contributed by atoms with E-state index in [1.165, 1.54) is 0 Å². The molecule has 2 bridgehead atoms. The van der Waals surface area contributed by atoms with Crippen LogP contribution in [0.3, 0.4) is 0 Å². The van der Waals surface area contributed by atoms with Crippen molar-refractivity contribution in [1.82, 2.24) is 4.90 Å². The fourth-order valence-electron chi connectivity index (χ4n) is 5.97. The molecule has 7 heteroatoms. The second-order valence-corrected chi connectivity index (χ2v) is 11.1. The van der Waals surface area contributed by atoms with Crippen LogP contribution in [0.4, 0.5) is 0 Å². The summed E-state index contributed by atoms with van der Waals surface area (Å²) >= 11 is 0. The van der Waals surface area contributed by atoms with Crippen LogP contribution in [0.25, 0.3) is 0 Å². The van der Waals surface area contributed by atoms with Gasteiger partial charge in [0.1, 0.15) is 11.7 Å². The molecular weight excluding hydrogens is 446 g/mol. The Hall–Kier alpha value is -2.25. The normalized spacial score (nSPS) is 26.5. The number of benzene rings is 1. The van der Waals surface area contributed by atoms with E-state index in [2.05, 4.69) is 0 Å². The topological polar surface area (TPSA) is 93.1 Å².